The largest absolute Gasteiger partial charge is 0.459 e. The van der Waals surface area contributed by atoms with Crippen molar-refractivity contribution in [3.8, 4) is 11.5 Å². The predicted octanol–water partition coefficient (Wildman–Crippen LogP) is 5.53. The Morgan fingerprint density at radius 1 is 1.18 bits per heavy atom. The van der Waals surface area contributed by atoms with Crippen LogP contribution in [0.5, 0.6) is 11.5 Å². The van der Waals surface area contributed by atoms with Crippen LogP contribution in [0.25, 0.3) is 0 Å². The molecular formula is C27H35ClFNO4. The van der Waals surface area contributed by atoms with Gasteiger partial charge in [-0.25, -0.2) is 4.39 Å². The minimum Gasteiger partial charge on any atom is -0.459 e. The molecule has 1 heterocycles. The fraction of sp³-hybridized carbons (Fsp3) is 0.519. The molecule has 1 aliphatic heterocycles. The number of esters is 1. The summed E-state index contributed by atoms with van der Waals surface area (Å²) in [6.07, 6.45) is 3.06. The Morgan fingerprint density at radius 3 is 2.68 bits per heavy atom. The number of carbonyl (C=O) groups excluding carboxylic acids is 1. The van der Waals surface area contributed by atoms with E-state index in [0.29, 0.717) is 12.8 Å². The maximum absolute atomic E-state index is 13.9. The van der Waals surface area contributed by atoms with Gasteiger partial charge in [0.2, 0.25) is 6.79 Å². The van der Waals surface area contributed by atoms with Crippen LogP contribution in [0.15, 0.2) is 36.4 Å². The number of likely N-dealkylation sites (N-methyl/N-ethyl adjacent to an activating group) is 1. The SMILES string of the molecule is CC(=O)O[C@@]1(CCN(C)CCc2ccc3c(c2)OCO3)CCc2cc(F)ccc2[C@H]1C(C)C.Cl. The lowest BCUT2D eigenvalue weighted by Crippen LogP contribution is -2.48. The highest BCUT2D eigenvalue weighted by Crippen LogP contribution is 2.48. The number of rotatable bonds is 8. The molecule has 0 saturated heterocycles. The molecule has 1 aliphatic carbocycles. The minimum atomic E-state index is -0.585. The second kappa shape index (κ2) is 11.0. The first-order valence-corrected chi connectivity index (χ1v) is 11.8. The maximum Gasteiger partial charge on any atom is 0.303 e. The molecule has 0 unspecified atom stereocenters. The normalized spacial score (nSPS) is 20.7. The molecule has 5 nitrogen and oxygen atoms in total. The van der Waals surface area contributed by atoms with Crippen LogP contribution in [0.2, 0.25) is 0 Å². The molecule has 34 heavy (non-hydrogen) atoms. The zero-order chi connectivity index (χ0) is 23.6. The number of benzene rings is 2. The molecule has 0 spiro atoms. The number of ether oxygens (including phenoxy) is 3. The van der Waals surface area contributed by atoms with Crippen LogP contribution in [0.1, 0.15) is 56.2 Å². The van der Waals surface area contributed by atoms with E-state index in [1.54, 1.807) is 6.07 Å². The molecule has 0 bridgehead atoms. The number of hydrogen-bond donors (Lipinski definition) is 0. The standard InChI is InChI=1S/C27H34FNO4.ClH/c1-18(2)26-23-7-6-22(28)16-21(23)9-11-27(26,33-19(3)30)12-14-29(4)13-10-20-5-8-24-25(15-20)32-17-31-24;/h5-8,15-16,18,26H,9-14,17H2,1-4H3;1H/t26-,27-;/m1./s1. The van der Waals surface area contributed by atoms with E-state index >= 15 is 0 Å². The Balaban J connectivity index is 0.00000324. The van der Waals surface area contributed by atoms with Gasteiger partial charge in [-0.2, -0.15) is 0 Å². The molecule has 2 atom stereocenters. The Labute approximate surface area is 208 Å². The van der Waals surface area contributed by atoms with Gasteiger partial charge in [-0.1, -0.05) is 26.0 Å². The van der Waals surface area contributed by atoms with Crippen LogP contribution in [-0.4, -0.2) is 43.4 Å². The van der Waals surface area contributed by atoms with Crippen LogP contribution in [-0.2, 0) is 22.4 Å². The van der Waals surface area contributed by atoms with Crippen molar-refractivity contribution in [3.63, 3.8) is 0 Å². The quantitative estimate of drug-likeness (QED) is 0.454. The van der Waals surface area contributed by atoms with E-state index in [1.807, 2.05) is 18.2 Å². The zero-order valence-corrected chi connectivity index (χ0v) is 21.3. The molecule has 7 heteroatoms. The Kier molecular flexibility index (Phi) is 8.47. The average Bonchev–Trinajstić information content (AvgIpc) is 3.23. The average molecular weight is 492 g/mol. The fourth-order valence-corrected chi connectivity index (χ4v) is 5.49. The molecule has 186 valence electrons. The van der Waals surface area contributed by atoms with Crippen molar-refractivity contribution in [2.75, 3.05) is 26.9 Å². The van der Waals surface area contributed by atoms with E-state index in [-0.39, 0.29) is 42.8 Å². The number of carbonyl (C=O) groups is 1. The smallest absolute Gasteiger partial charge is 0.303 e. The van der Waals surface area contributed by atoms with Crippen LogP contribution >= 0.6 is 12.4 Å². The molecule has 0 radical (unpaired) electrons. The van der Waals surface area contributed by atoms with Gasteiger partial charge in [-0.3, -0.25) is 4.79 Å². The molecule has 2 aliphatic rings. The van der Waals surface area contributed by atoms with Gasteiger partial charge < -0.3 is 19.1 Å². The molecule has 2 aromatic rings. The zero-order valence-electron chi connectivity index (χ0n) is 20.4. The van der Waals surface area contributed by atoms with Crippen LogP contribution in [0, 0.1) is 11.7 Å². The van der Waals surface area contributed by atoms with Gasteiger partial charge in [0, 0.05) is 32.4 Å². The Morgan fingerprint density at radius 2 is 1.94 bits per heavy atom. The fourth-order valence-electron chi connectivity index (χ4n) is 5.49. The maximum atomic E-state index is 13.9. The van der Waals surface area contributed by atoms with Crippen molar-refractivity contribution >= 4 is 18.4 Å². The van der Waals surface area contributed by atoms with E-state index < -0.39 is 5.60 Å². The second-order valence-electron chi connectivity index (χ2n) is 9.71. The molecule has 0 fully saturated rings. The van der Waals surface area contributed by atoms with Gasteiger partial charge in [0.05, 0.1) is 0 Å². The summed E-state index contributed by atoms with van der Waals surface area (Å²) in [7, 11) is 2.10. The monoisotopic (exact) mass is 491 g/mol. The van der Waals surface area contributed by atoms with Gasteiger partial charge in [0.15, 0.2) is 11.5 Å². The van der Waals surface area contributed by atoms with Crippen molar-refractivity contribution in [2.24, 2.45) is 5.92 Å². The summed E-state index contributed by atoms with van der Waals surface area (Å²) < 4.78 is 30.9. The Hall–Kier alpha value is -2.31. The summed E-state index contributed by atoms with van der Waals surface area (Å²) in [6, 6.07) is 11.1. The third-order valence-corrected chi connectivity index (χ3v) is 6.97. The number of halogens is 2. The highest BCUT2D eigenvalue weighted by atomic mass is 35.5. The molecule has 0 saturated carbocycles. The second-order valence-corrected chi connectivity index (χ2v) is 9.71. The summed E-state index contributed by atoms with van der Waals surface area (Å²) in [5.41, 5.74) is 2.77. The number of aryl methyl sites for hydroxylation is 1. The highest BCUT2D eigenvalue weighted by Gasteiger charge is 2.47. The molecular weight excluding hydrogens is 457 g/mol. The van der Waals surface area contributed by atoms with E-state index in [9.17, 15) is 9.18 Å². The van der Waals surface area contributed by atoms with Crippen molar-refractivity contribution in [2.45, 2.75) is 58.0 Å². The summed E-state index contributed by atoms with van der Waals surface area (Å²) >= 11 is 0. The number of hydrogen-bond acceptors (Lipinski definition) is 5. The summed E-state index contributed by atoms with van der Waals surface area (Å²) in [5, 5.41) is 0. The van der Waals surface area contributed by atoms with E-state index in [0.717, 1.165) is 48.6 Å². The van der Waals surface area contributed by atoms with Crippen molar-refractivity contribution in [1.82, 2.24) is 4.90 Å². The van der Waals surface area contributed by atoms with Crippen LogP contribution in [0.4, 0.5) is 4.39 Å². The van der Waals surface area contributed by atoms with Crippen molar-refractivity contribution < 1.29 is 23.4 Å². The number of nitrogens with zero attached hydrogens (tertiary/aromatic N) is 1. The van der Waals surface area contributed by atoms with Gasteiger partial charge in [-0.15, -0.1) is 12.4 Å². The minimum absolute atomic E-state index is 0. The third-order valence-electron chi connectivity index (χ3n) is 6.97. The van der Waals surface area contributed by atoms with Crippen molar-refractivity contribution in [1.29, 1.82) is 0 Å². The van der Waals surface area contributed by atoms with Gasteiger partial charge in [0.25, 0.3) is 0 Å². The lowest BCUT2D eigenvalue weighted by atomic mass is 9.65. The topological polar surface area (TPSA) is 48.0 Å². The Bertz CT molecular complexity index is 1010. The third kappa shape index (κ3) is 5.66. The van der Waals surface area contributed by atoms with Crippen LogP contribution < -0.4 is 9.47 Å². The van der Waals surface area contributed by atoms with Gasteiger partial charge >= 0.3 is 5.97 Å². The van der Waals surface area contributed by atoms with Gasteiger partial charge in [-0.05, 0) is 73.2 Å². The first-order chi connectivity index (χ1) is 15.8. The molecule has 0 aromatic heterocycles. The summed E-state index contributed by atoms with van der Waals surface area (Å²) in [5.74, 6) is 1.43. The van der Waals surface area contributed by atoms with E-state index in [2.05, 4.69) is 31.9 Å². The molecule has 0 N–H and O–H groups in total. The first-order valence-electron chi connectivity index (χ1n) is 11.8. The van der Waals surface area contributed by atoms with E-state index in [1.165, 1.54) is 18.6 Å². The number of fused-ring (bicyclic) bond motifs is 2. The molecule has 2 aromatic carbocycles. The summed E-state index contributed by atoms with van der Waals surface area (Å²) in [4.78, 5) is 14.5. The van der Waals surface area contributed by atoms with Gasteiger partial charge in [0.1, 0.15) is 11.4 Å². The van der Waals surface area contributed by atoms with E-state index in [4.69, 9.17) is 14.2 Å². The molecule has 4 rings (SSSR count). The lowest BCUT2D eigenvalue weighted by Gasteiger charge is -2.47. The lowest BCUT2D eigenvalue weighted by molar-refractivity contribution is -0.164. The predicted molar refractivity (Wildman–Crippen MR) is 132 cm³/mol. The first kappa shape index (κ1) is 26.3. The summed E-state index contributed by atoms with van der Waals surface area (Å²) in [6.45, 7) is 7.77. The van der Waals surface area contributed by atoms with Crippen LogP contribution in [0.3, 0.4) is 0 Å². The van der Waals surface area contributed by atoms with Crippen molar-refractivity contribution in [3.05, 3.63) is 58.9 Å². The molecule has 0 amide bonds. The highest BCUT2D eigenvalue weighted by molar-refractivity contribution is 5.85.